The van der Waals surface area contributed by atoms with Gasteiger partial charge in [-0.3, -0.25) is 14.5 Å². The molecule has 4 rings (SSSR count). The lowest BCUT2D eigenvalue weighted by atomic mass is 9.84. The van der Waals surface area contributed by atoms with Crippen LogP contribution in [0.1, 0.15) is 58.8 Å². The molecule has 1 aliphatic carbocycles. The van der Waals surface area contributed by atoms with Gasteiger partial charge in [0.15, 0.2) is 11.6 Å². The van der Waals surface area contributed by atoms with E-state index < -0.39 is 28.9 Å². The molecule has 37 heavy (non-hydrogen) atoms. The van der Waals surface area contributed by atoms with Gasteiger partial charge in [-0.1, -0.05) is 43.0 Å². The number of anilines is 1. The number of allylic oxidation sites excluding steroid dienone is 2. The van der Waals surface area contributed by atoms with Crippen molar-refractivity contribution in [3.05, 3.63) is 75.9 Å². The minimum Gasteiger partial charge on any atom is -0.369 e. The summed E-state index contributed by atoms with van der Waals surface area (Å²) in [6.45, 7) is 3.67. The SMILES string of the molecule is CCC1CCCN1c1ccc(CC(=O)C2=CCc3cccc(C(F)(F)F)c3C2=O)c(C#CCN(C)C)c1. The molecule has 0 spiro atoms. The molecular formula is C30H31F3N2O2. The van der Waals surface area contributed by atoms with E-state index in [1.807, 2.05) is 37.2 Å². The first kappa shape index (κ1) is 26.7. The normalized spacial score (nSPS) is 17.4. The Morgan fingerprint density at radius 2 is 1.97 bits per heavy atom. The largest absolute Gasteiger partial charge is 0.417 e. The Kier molecular flexibility index (Phi) is 7.89. The van der Waals surface area contributed by atoms with Gasteiger partial charge in [-0.25, -0.2) is 0 Å². The second-order valence-corrected chi connectivity index (χ2v) is 9.87. The van der Waals surface area contributed by atoms with Crippen LogP contribution in [0.4, 0.5) is 18.9 Å². The summed E-state index contributed by atoms with van der Waals surface area (Å²) in [5.41, 5.74) is 1.10. The Morgan fingerprint density at radius 3 is 2.68 bits per heavy atom. The highest BCUT2D eigenvalue weighted by atomic mass is 19.4. The molecule has 2 aromatic carbocycles. The zero-order valence-electron chi connectivity index (χ0n) is 21.4. The standard InChI is InChI=1S/C30H31F3N2O2/c1-4-23-10-7-17-35(23)24-14-12-22(21(18-24)9-6-16-34(2)3)19-27(36)25-15-13-20-8-5-11-26(30(31,32)33)28(20)29(25)37/h5,8,11-12,14-15,18,23H,4,7,10,13,16-17,19H2,1-3H3. The van der Waals surface area contributed by atoms with Gasteiger partial charge in [0, 0.05) is 35.8 Å². The molecule has 0 amide bonds. The summed E-state index contributed by atoms with van der Waals surface area (Å²) >= 11 is 0. The van der Waals surface area contributed by atoms with E-state index in [1.54, 1.807) is 0 Å². The molecule has 1 fully saturated rings. The summed E-state index contributed by atoms with van der Waals surface area (Å²) in [5, 5.41) is 0. The number of nitrogens with zero attached hydrogens (tertiary/aromatic N) is 2. The second kappa shape index (κ2) is 10.9. The van der Waals surface area contributed by atoms with Gasteiger partial charge in [-0.05, 0) is 69.1 Å². The molecule has 2 aromatic rings. The highest BCUT2D eigenvalue weighted by Gasteiger charge is 2.39. The summed E-state index contributed by atoms with van der Waals surface area (Å²) < 4.78 is 40.8. The molecule has 2 aliphatic rings. The average molecular weight is 509 g/mol. The number of ketones is 2. The van der Waals surface area contributed by atoms with E-state index in [9.17, 15) is 22.8 Å². The van der Waals surface area contributed by atoms with Crippen molar-refractivity contribution in [3.8, 4) is 11.8 Å². The van der Waals surface area contributed by atoms with Crippen LogP contribution in [0, 0.1) is 11.8 Å². The zero-order chi connectivity index (χ0) is 26.7. The molecule has 7 heteroatoms. The molecule has 1 atom stereocenters. The van der Waals surface area contributed by atoms with Crippen LogP contribution >= 0.6 is 0 Å². The van der Waals surface area contributed by atoms with Gasteiger partial charge in [0.2, 0.25) is 0 Å². The van der Waals surface area contributed by atoms with E-state index in [2.05, 4.69) is 23.7 Å². The Labute approximate surface area is 216 Å². The van der Waals surface area contributed by atoms with Crippen molar-refractivity contribution < 1.29 is 22.8 Å². The number of halogens is 3. The van der Waals surface area contributed by atoms with Crippen molar-refractivity contribution in [1.82, 2.24) is 4.90 Å². The molecule has 1 heterocycles. The van der Waals surface area contributed by atoms with Crippen molar-refractivity contribution in [1.29, 1.82) is 0 Å². The van der Waals surface area contributed by atoms with Gasteiger partial charge in [-0.2, -0.15) is 13.2 Å². The quantitative estimate of drug-likeness (QED) is 0.383. The van der Waals surface area contributed by atoms with Gasteiger partial charge in [0.1, 0.15) is 0 Å². The lowest BCUT2D eigenvalue weighted by Gasteiger charge is -2.26. The van der Waals surface area contributed by atoms with E-state index >= 15 is 0 Å². The first-order valence-corrected chi connectivity index (χ1v) is 12.6. The van der Waals surface area contributed by atoms with E-state index in [1.165, 1.54) is 18.2 Å². The van der Waals surface area contributed by atoms with E-state index in [0.29, 0.717) is 23.7 Å². The van der Waals surface area contributed by atoms with Crippen LogP contribution in [0.2, 0.25) is 0 Å². The van der Waals surface area contributed by atoms with Gasteiger partial charge in [-0.15, -0.1) is 0 Å². The molecular weight excluding hydrogens is 477 g/mol. The number of fused-ring (bicyclic) bond motifs is 1. The molecule has 4 nitrogen and oxygen atoms in total. The summed E-state index contributed by atoms with van der Waals surface area (Å²) in [6.07, 6.45) is 0.0739. The third kappa shape index (κ3) is 5.80. The van der Waals surface area contributed by atoms with Crippen molar-refractivity contribution in [2.45, 2.75) is 51.2 Å². The van der Waals surface area contributed by atoms with Crippen LogP contribution in [0.15, 0.2) is 48.0 Å². The average Bonchev–Trinajstić information content (AvgIpc) is 3.33. The molecule has 1 unspecified atom stereocenters. The fraction of sp³-hybridized carbons (Fsp3) is 0.400. The number of alkyl halides is 3. The molecule has 0 saturated carbocycles. The molecule has 0 radical (unpaired) electrons. The van der Waals surface area contributed by atoms with Crippen molar-refractivity contribution in [3.63, 3.8) is 0 Å². The Morgan fingerprint density at radius 1 is 1.19 bits per heavy atom. The lowest BCUT2D eigenvalue weighted by molar-refractivity contribution is -0.138. The minimum absolute atomic E-state index is 0.105. The van der Waals surface area contributed by atoms with Crippen molar-refractivity contribution in [2.75, 3.05) is 32.1 Å². The maximum atomic E-state index is 13.6. The predicted molar refractivity (Wildman–Crippen MR) is 139 cm³/mol. The number of benzene rings is 2. The predicted octanol–water partition coefficient (Wildman–Crippen LogP) is 5.47. The third-order valence-corrected chi connectivity index (χ3v) is 7.00. The Hall–Kier alpha value is -3.37. The van der Waals surface area contributed by atoms with Crippen LogP contribution in [0.25, 0.3) is 0 Å². The molecule has 1 aliphatic heterocycles. The molecule has 194 valence electrons. The van der Waals surface area contributed by atoms with Gasteiger partial charge < -0.3 is 4.90 Å². The first-order valence-electron chi connectivity index (χ1n) is 12.6. The monoisotopic (exact) mass is 508 g/mol. The molecule has 0 N–H and O–H groups in total. The van der Waals surface area contributed by atoms with Gasteiger partial charge >= 0.3 is 6.18 Å². The topological polar surface area (TPSA) is 40.6 Å². The van der Waals surface area contributed by atoms with E-state index in [-0.39, 0.29) is 24.0 Å². The summed E-state index contributed by atoms with van der Waals surface area (Å²) in [5.74, 6) is 4.95. The van der Waals surface area contributed by atoms with Crippen molar-refractivity contribution >= 4 is 17.3 Å². The lowest BCUT2D eigenvalue weighted by Crippen LogP contribution is -2.28. The number of hydrogen-bond donors (Lipinski definition) is 0. The van der Waals surface area contributed by atoms with Crippen molar-refractivity contribution in [2.24, 2.45) is 0 Å². The number of carbonyl (C=O) groups is 2. The highest BCUT2D eigenvalue weighted by molar-refractivity contribution is 6.28. The first-order chi connectivity index (χ1) is 17.6. The third-order valence-electron chi connectivity index (χ3n) is 7.00. The minimum atomic E-state index is -4.68. The van der Waals surface area contributed by atoms with Crippen LogP contribution < -0.4 is 4.90 Å². The maximum absolute atomic E-state index is 13.6. The van der Waals surface area contributed by atoms with Crippen LogP contribution in [0.3, 0.4) is 0 Å². The number of hydrogen-bond acceptors (Lipinski definition) is 4. The van der Waals surface area contributed by atoms with Crippen LogP contribution in [-0.4, -0.2) is 49.7 Å². The Balaban J connectivity index is 1.64. The number of Topliss-reactive ketones (excluding diaryl/α,β-unsaturated/α-hetero) is 2. The second-order valence-electron chi connectivity index (χ2n) is 9.87. The summed E-state index contributed by atoms with van der Waals surface area (Å²) in [4.78, 5) is 30.7. The van der Waals surface area contributed by atoms with Crippen LogP contribution in [0.5, 0.6) is 0 Å². The van der Waals surface area contributed by atoms with Gasteiger partial charge in [0.25, 0.3) is 0 Å². The molecule has 0 bridgehead atoms. The molecule has 1 saturated heterocycles. The van der Waals surface area contributed by atoms with Crippen LogP contribution in [-0.2, 0) is 23.8 Å². The van der Waals surface area contributed by atoms with Gasteiger partial charge in [0.05, 0.1) is 17.7 Å². The smallest absolute Gasteiger partial charge is 0.369 e. The van der Waals surface area contributed by atoms with E-state index in [4.69, 9.17) is 0 Å². The summed E-state index contributed by atoms with van der Waals surface area (Å²) in [6, 6.07) is 9.97. The fourth-order valence-corrected chi connectivity index (χ4v) is 5.13. The zero-order valence-corrected chi connectivity index (χ0v) is 21.4. The Bertz CT molecular complexity index is 1300. The van der Waals surface area contributed by atoms with E-state index in [0.717, 1.165) is 37.6 Å². The number of rotatable bonds is 6. The summed E-state index contributed by atoms with van der Waals surface area (Å²) in [7, 11) is 3.83. The fourth-order valence-electron chi connectivity index (χ4n) is 5.13. The molecule has 0 aromatic heterocycles. The highest BCUT2D eigenvalue weighted by Crippen LogP contribution is 2.37. The maximum Gasteiger partial charge on any atom is 0.417 e. The number of carbonyl (C=O) groups excluding carboxylic acids is 2.